The van der Waals surface area contributed by atoms with E-state index in [1.54, 1.807) is 11.1 Å². The summed E-state index contributed by atoms with van der Waals surface area (Å²) in [7, 11) is 0. The normalized spacial score (nSPS) is 21.2. The smallest absolute Gasteiger partial charge is 0.102 e. The summed E-state index contributed by atoms with van der Waals surface area (Å²) in [6.45, 7) is 6.71. The van der Waals surface area contributed by atoms with Crippen molar-refractivity contribution in [3.05, 3.63) is 53.3 Å². The third kappa shape index (κ3) is 2.44. The summed E-state index contributed by atoms with van der Waals surface area (Å²) < 4.78 is 2.30. The standard InChI is InChI=1S/C24H24N3.Ir/c1-24(2,3)23-26-19-7-5-4-6-16(19)22-25-20-12-17-14-8-10-15(11-9-14)18(17)13-21(20)27(22)23;/h4-5,7,12-15H,8-11H2,1-3H3;/q-1;. The Bertz CT molecular complexity index is 1220. The van der Waals surface area contributed by atoms with Crippen LogP contribution in [0.4, 0.5) is 0 Å². The summed E-state index contributed by atoms with van der Waals surface area (Å²) in [6.07, 6.45) is 5.39. The molecule has 4 aromatic rings. The Hall–Kier alpha value is -1.77. The molecule has 1 saturated carbocycles. The first kappa shape index (κ1) is 18.3. The second-order valence-electron chi connectivity index (χ2n) is 9.40. The maximum Gasteiger partial charge on any atom is 0.102 e. The molecule has 0 unspecified atom stereocenters. The number of imidazole rings is 1. The first-order valence-electron chi connectivity index (χ1n) is 10.2. The maximum absolute atomic E-state index is 5.10. The van der Waals surface area contributed by atoms with Gasteiger partial charge in [0.05, 0.1) is 16.7 Å². The van der Waals surface area contributed by atoms with Gasteiger partial charge in [0, 0.05) is 25.5 Å². The van der Waals surface area contributed by atoms with E-state index in [4.69, 9.17) is 9.97 Å². The molecule has 1 radical (unpaired) electrons. The number of rotatable bonds is 0. The van der Waals surface area contributed by atoms with Crippen molar-refractivity contribution in [3.8, 4) is 0 Å². The minimum atomic E-state index is -0.0647. The van der Waals surface area contributed by atoms with E-state index in [2.05, 4.69) is 49.4 Å². The molecular weight excluding hydrogens is 523 g/mol. The van der Waals surface area contributed by atoms with E-state index in [1.807, 2.05) is 12.1 Å². The summed E-state index contributed by atoms with van der Waals surface area (Å²) >= 11 is 0. The Morgan fingerprint density at radius 3 is 2.32 bits per heavy atom. The molecule has 0 atom stereocenters. The predicted octanol–water partition coefficient (Wildman–Crippen LogP) is 5.89. The average Bonchev–Trinajstić information content (AvgIpc) is 3.05. The van der Waals surface area contributed by atoms with Gasteiger partial charge in [-0.15, -0.1) is 24.3 Å². The molecule has 3 aliphatic carbocycles. The Kier molecular flexibility index (Phi) is 3.99. The van der Waals surface area contributed by atoms with Crippen LogP contribution in [0, 0.1) is 6.07 Å². The van der Waals surface area contributed by atoms with Crippen molar-refractivity contribution in [1.82, 2.24) is 14.4 Å². The number of benzene rings is 2. The number of hydrogen-bond donors (Lipinski definition) is 0. The summed E-state index contributed by atoms with van der Waals surface area (Å²) in [5.74, 6) is 2.55. The fourth-order valence-corrected chi connectivity index (χ4v) is 5.33. The molecule has 1 fully saturated rings. The fraction of sp³-hybridized carbons (Fsp3) is 0.417. The van der Waals surface area contributed by atoms with Gasteiger partial charge in [0.2, 0.25) is 0 Å². The molecule has 2 heterocycles. The zero-order valence-electron chi connectivity index (χ0n) is 16.5. The second-order valence-corrected chi connectivity index (χ2v) is 9.40. The summed E-state index contributed by atoms with van der Waals surface area (Å²) in [5, 5.41) is 1.02. The summed E-state index contributed by atoms with van der Waals surface area (Å²) in [4.78, 5) is 10.1. The van der Waals surface area contributed by atoms with Gasteiger partial charge in [0.25, 0.3) is 0 Å². The van der Waals surface area contributed by atoms with Crippen molar-refractivity contribution in [2.24, 2.45) is 0 Å². The van der Waals surface area contributed by atoms with Crippen LogP contribution < -0.4 is 0 Å². The molecule has 0 aliphatic heterocycles. The van der Waals surface area contributed by atoms with Gasteiger partial charge >= 0.3 is 0 Å². The van der Waals surface area contributed by atoms with E-state index < -0.39 is 0 Å². The van der Waals surface area contributed by atoms with Crippen molar-refractivity contribution < 1.29 is 20.1 Å². The maximum atomic E-state index is 5.10. The molecule has 4 heteroatoms. The molecule has 0 spiro atoms. The van der Waals surface area contributed by atoms with E-state index >= 15 is 0 Å². The third-order valence-corrected chi connectivity index (χ3v) is 6.63. The van der Waals surface area contributed by atoms with Gasteiger partial charge in [-0.3, -0.25) is 9.97 Å². The Balaban J connectivity index is 0.00000171. The van der Waals surface area contributed by atoms with Crippen molar-refractivity contribution in [2.75, 3.05) is 0 Å². The van der Waals surface area contributed by atoms with Gasteiger partial charge in [0.15, 0.2) is 0 Å². The van der Waals surface area contributed by atoms with Gasteiger partial charge in [-0.25, -0.2) is 0 Å². The monoisotopic (exact) mass is 547 g/mol. The van der Waals surface area contributed by atoms with Gasteiger partial charge in [-0.2, -0.15) is 0 Å². The molecule has 2 bridgehead atoms. The summed E-state index contributed by atoms with van der Waals surface area (Å²) in [5.41, 5.74) is 7.37. The van der Waals surface area contributed by atoms with Gasteiger partial charge in [-0.05, 0) is 66.3 Å². The third-order valence-electron chi connectivity index (χ3n) is 6.63. The Morgan fingerprint density at radius 1 is 0.964 bits per heavy atom. The van der Waals surface area contributed by atoms with Crippen LogP contribution in [0.3, 0.4) is 0 Å². The second kappa shape index (κ2) is 6.11. The van der Waals surface area contributed by atoms with E-state index in [1.165, 1.54) is 31.2 Å². The molecule has 145 valence electrons. The minimum absolute atomic E-state index is 0. The molecule has 3 aliphatic rings. The average molecular weight is 547 g/mol. The van der Waals surface area contributed by atoms with Crippen LogP contribution in [0.15, 0.2) is 30.3 Å². The number of fused-ring (bicyclic) bond motifs is 7. The molecular formula is C24H24IrN3-. The van der Waals surface area contributed by atoms with Crippen molar-refractivity contribution >= 4 is 27.6 Å². The quantitative estimate of drug-likeness (QED) is 0.258. The molecule has 3 nitrogen and oxygen atoms in total. The number of nitrogens with zero attached hydrogens (tertiary/aromatic N) is 3. The van der Waals surface area contributed by atoms with Crippen LogP contribution in [0.5, 0.6) is 0 Å². The molecule has 0 saturated heterocycles. The molecule has 28 heavy (non-hydrogen) atoms. The van der Waals surface area contributed by atoms with Gasteiger partial charge < -0.3 is 4.40 Å². The van der Waals surface area contributed by atoms with E-state index in [0.717, 1.165) is 39.7 Å². The molecule has 2 aromatic carbocycles. The largest absolute Gasteiger partial charge is 0.321 e. The van der Waals surface area contributed by atoms with E-state index in [9.17, 15) is 0 Å². The zero-order valence-corrected chi connectivity index (χ0v) is 18.9. The summed E-state index contributed by atoms with van der Waals surface area (Å²) in [6, 6.07) is 14.3. The molecule has 2 aromatic heterocycles. The van der Waals surface area contributed by atoms with Crippen molar-refractivity contribution in [2.45, 2.75) is 63.7 Å². The molecule has 7 rings (SSSR count). The minimum Gasteiger partial charge on any atom is -0.321 e. The molecule has 0 N–H and O–H groups in total. The van der Waals surface area contributed by atoms with E-state index in [0.29, 0.717) is 0 Å². The van der Waals surface area contributed by atoms with Crippen LogP contribution >= 0.6 is 0 Å². The van der Waals surface area contributed by atoms with Gasteiger partial charge in [0.1, 0.15) is 5.82 Å². The van der Waals surface area contributed by atoms with Crippen molar-refractivity contribution in [3.63, 3.8) is 0 Å². The number of aromatic nitrogens is 3. The first-order chi connectivity index (χ1) is 13.0. The topological polar surface area (TPSA) is 30.2 Å². The predicted molar refractivity (Wildman–Crippen MR) is 109 cm³/mol. The first-order valence-corrected chi connectivity index (χ1v) is 10.2. The van der Waals surface area contributed by atoms with E-state index in [-0.39, 0.29) is 25.5 Å². The van der Waals surface area contributed by atoms with Crippen LogP contribution in [-0.4, -0.2) is 14.4 Å². The van der Waals surface area contributed by atoms with Crippen molar-refractivity contribution in [1.29, 1.82) is 0 Å². The van der Waals surface area contributed by atoms with Crippen LogP contribution in [-0.2, 0) is 25.5 Å². The zero-order chi connectivity index (χ0) is 18.3. The Morgan fingerprint density at radius 2 is 1.64 bits per heavy atom. The van der Waals surface area contributed by atoms with Crippen LogP contribution in [0.25, 0.3) is 27.6 Å². The fourth-order valence-electron chi connectivity index (χ4n) is 5.33. The Labute approximate surface area is 178 Å². The van der Waals surface area contributed by atoms with Crippen LogP contribution in [0.2, 0.25) is 0 Å². The van der Waals surface area contributed by atoms with Gasteiger partial charge in [-0.1, -0.05) is 26.2 Å². The number of hydrogen-bond acceptors (Lipinski definition) is 2. The van der Waals surface area contributed by atoms with Crippen LogP contribution in [0.1, 0.15) is 75.2 Å². The SMILES string of the molecule is CC(C)(C)c1nc2ccc[c-]c2c2nc3cc4c(cc3n12)C1CCC4CC1.[Ir]. The molecule has 0 amide bonds.